The predicted octanol–water partition coefficient (Wildman–Crippen LogP) is 1.19. The highest BCUT2D eigenvalue weighted by molar-refractivity contribution is 4.90. The van der Waals surface area contributed by atoms with Crippen LogP contribution in [-0.2, 0) is 11.3 Å². The van der Waals surface area contributed by atoms with Gasteiger partial charge in [0.15, 0.2) is 5.76 Å². The van der Waals surface area contributed by atoms with Crippen LogP contribution in [0.1, 0.15) is 18.6 Å². The number of hydrogen-bond acceptors (Lipinski definition) is 4. The summed E-state index contributed by atoms with van der Waals surface area (Å²) >= 11 is 0. The fraction of sp³-hybridized carbons (Fsp3) is 0.700. The first-order valence-corrected chi connectivity index (χ1v) is 5.13. The van der Waals surface area contributed by atoms with Crippen LogP contribution in [0.3, 0.4) is 0 Å². The Hall–Kier alpha value is -0.870. The fourth-order valence-corrected chi connectivity index (χ4v) is 1.71. The van der Waals surface area contributed by atoms with Crippen LogP contribution in [0.15, 0.2) is 16.8 Å². The Kier molecular flexibility index (Phi) is 3.54. The van der Waals surface area contributed by atoms with Gasteiger partial charge in [0, 0.05) is 12.6 Å². The molecule has 1 unspecified atom stereocenters. The van der Waals surface area contributed by atoms with Gasteiger partial charge in [0.2, 0.25) is 0 Å². The molecule has 0 bridgehead atoms. The summed E-state index contributed by atoms with van der Waals surface area (Å²) in [5.74, 6) is 1.46. The van der Waals surface area contributed by atoms with Crippen LogP contribution in [0.4, 0.5) is 0 Å². The van der Waals surface area contributed by atoms with Crippen LogP contribution in [0, 0.1) is 5.92 Å². The third kappa shape index (κ3) is 2.82. The quantitative estimate of drug-likeness (QED) is 0.785. The Morgan fingerprint density at radius 3 is 3.36 bits per heavy atom. The summed E-state index contributed by atoms with van der Waals surface area (Å²) in [6.45, 7) is 3.58. The molecule has 2 rings (SSSR count). The molecule has 0 aliphatic carbocycles. The highest BCUT2D eigenvalue weighted by atomic mass is 16.5. The Morgan fingerprint density at radius 2 is 2.64 bits per heavy atom. The van der Waals surface area contributed by atoms with Crippen molar-refractivity contribution in [2.24, 2.45) is 5.92 Å². The van der Waals surface area contributed by atoms with E-state index in [-0.39, 0.29) is 0 Å². The minimum absolute atomic E-state index is 0.538. The molecular formula is C10H16N2O2. The second kappa shape index (κ2) is 5.12. The molecule has 1 aliphatic heterocycles. The van der Waals surface area contributed by atoms with Crippen LogP contribution in [0.2, 0.25) is 0 Å². The molecule has 0 radical (unpaired) electrons. The number of piperidine rings is 1. The Labute approximate surface area is 83.6 Å². The molecule has 0 amide bonds. The average Bonchev–Trinajstić information content (AvgIpc) is 2.72. The van der Waals surface area contributed by atoms with Gasteiger partial charge in [-0.25, -0.2) is 0 Å². The van der Waals surface area contributed by atoms with Gasteiger partial charge in [-0.3, -0.25) is 0 Å². The summed E-state index contributed by atoms with van der Waals surface area (Å²) in [6.07, 6.45) is 4.17. The molecule has 14 heavy (non-hydrogen) atoms. The van der Waals surface area contributed by atoms with Crippen molar-refractivity contribution in [2.75, 3.05) is 19.7 Å². The zero-order chi connectivity index (χ0) is 9.64. The third-order valence-electron chi connectivity index (χ3n) is 2.49. The summed E-state index contributed by atoms with van der Waals surface area (Å²) in [7, 11) is 0. The first-order valence-electron chi connectivity index (χ1n) is 5.13. The van der Waals surface area contributed by atoms with Crippen molar-refractivity contribution in [2.45, 2.75) is 19.4 Å². The molecule has 0 spiro atoms. The highest BCUT2D eigenvalue weighted by Crippen LogP contribution is 2.11. The molecule has 1 aromatic heterocycles. The summed E-state index contributed by atoms with van der Waals surface area (Å²) in [5.41, 5.74) is 0. The molecule has 1 fully saturated rings. The third-order valence-corrected chi connectivity index (χ3v) is 2.49. The number of rotatable bonds is 4. The summed E-state index contributed by atoms with van der Waals surface area (Å²) in [5, 5.41) is 6.98. The summed E-state index contributed by atoms with van der Waals surface area (Å²) < 4.78 is 10.5. The average molecular weight is 196 g/mol. The van der Waals surface area contributed by atoms with Gasteiger partial charge in [-0.2, -0.15) is 0 Å². The molecule has 1 N–H and O–H groups in total. The van der Waals surface area contributed by atoms with Crippen LogP contribution >= 0.6 is 0 Å². The molecule has 1 saturated heterocycles. The Balaban J connectivity index is 1.62. The first-order chi connectivity index (χ1) is 6.95. The van der Waals surface area contributed by atoms with Gasteiger partial charge in [-0.1, -0.05) is 5.16 Å². The van der Waals surface area contributed by atoms with E-state index in [1.807, 2.05) is 6.07 Å². The van der Waals surface area contributed by atoms with E-state index in [0.29, 0.717) is 12.5 Å². The fourth-order valence-electron chi connectivity index (χ4n) is 1.71. The van der Waals surface area contributed by atoms with Gasteiger partial charge < -0.3 is 14.6 Å². The smallest absolute Gasteiger partial charge is 0.162 e. The number of aromatic nitrogens is 1. The van der Waals surface area contributed by atoms with E-state index < -0.39 is 0 Å². The highest BCUT2D eigenvalue weighted by Gasteiger charge is 2.12. The zero-order valence-corrected chi connectivity index (χ0v) is 8.24. The number of ether oxygens (including phenoxy) is 1. The normalized spacial score (nSPS) is 22.4. The number of hydrogen-bond donors (Lipinski definition) is 1. The van der Waals surface area contributed by atoms with Gasteiger partial charge in [0.25, 0.3) is 0 Å². The first kappa shape index (κ1) is 9.68. The van der Waals surface area contributed by atoms with Crippen LogP contribution < -0.4 is 5.32 Å². The van der Waals surface area contributed by atoms with Crippen LogP contribution in [-0.4, -0.2) is 24.9 Å². The van der Waals surface area contributed by atoms with E-state index in [1.54, 1.807) is 6.20 Å². The molecule has 0 aromatic carbocycles. The Morgan fingerprint density at radius 1 is 1.64 bits per heavy atom. The van der Waals surface area contributed by atoms with Gasteiger partial charge in [-0.05, 0) is 25.3 Å². The van der Waals surface area contributed by atoms with Gasteiger partial charge in [0.1, 0.15) is 6.61 Å². The lowest BCUT2D eigenvalue weighted by Gasteiger charge is -2.22. The van der Waals surface area contributed by atoms with Crippen molar-refractivity contribution in [3.8, 4) is 0 Å². The molecule has 78 valence electrons. The molecular weight excluding hydrogens is 180 g/mol. The lowest BCUT2D eigenvalue weighted by Crippen LogP contribution is -2.32. The topological polar surface area (TPSA) is 47.3 Å². The molecule has 0 saturated carbocycles. The number of nitrogens with zero attached hydrogens (tertiary/aromatic N) is 1. The van der Waals surface area contributed by atoms with Crippen molar-refractivity contribution in [3.05, 3.63) is 18.0 Å². The van der Waals surface area contributed by atoms with Crippen LogP contribution in [0.25, 0.3) is 0 Å². The maximum Gasteiger partial charge on any atom is 0.162 e. The summed E-state index contributed by atoms with van der Waals surface area (Å²) in [4.78, 5) is 0. The minimum Gasteiger partial charge on any atom is -0.373 e. The van der Waals surface area contributed by atoms with E-state index in [4.69, 9.17) is 9.26 Å². The van der Waals surface area contributed by atoms with Gasteiger partial charge in [-0.15, -0.1) is 0 Å². The number of nitrogens with one attached hydrogen (secondary N) is 1. The van der Waals surface area contributed by atoms with E-state index in [1.165, 1.54) is 12.8 Å². The lowest BCUT2D eigenvalue weighted by atomic mass is 10.0. The maximum absolute atomic E-state index is 5.54. The second-order valence-electron chi connectivity index (χ2n) is 3.71. The molecule has 2 heterocycles. The van der Waals surface area contributed by atoms with E-state index in [2.05, 4.69) is 10.5 Å². The lowest BCUT2D eigenvalue weighted by molar-refractivity contribution is 0.0645. The standard InChI is InChI=1S/C10H16N2O2/c1-2-9(6-11-4-1)7-13-8-10-3-5-12-14-10/h3,5,9,11H,1-2,4,6-8H2. The molecule has 1 aliphatic rings. The second-order valence-corrected chi connectivity index (χ2v) is 3.71. The minimum atomic E-state index is 0.538. The maximum atomic E-state index is 5.54. The van der Waals surface area contributed by atoms with Crippen molar-refractivity contribution < 1.29 is 9.26 Å². The van der Waals surface area contributed by atoms with Crippen molar-refractivity contribution in [3.63, 3.8) is 0 Å². The predicted molar refractivity (Wildman–Crippen MR) is 51.8 cm³/mol. The van der Waals surface area contributed by atoms with Gasteiger partial charge in [0.05, 0.1) is 12.8 Å². The molecule has 1 atom stereocenters. The van der Waals surface area contributed by atoms with Crippen LogP contribution in [0.5, 0.6) is 0 Å². The molecule has 4 heteroatoms. The van der Waals surface area contributed by atoms with Crippen molar-refractivity contribution in [1.82, 2.24) is 10.5 Å². The summed E-state index contributed by atoms with van der Waals surface area (Å²) in [6, 6.07) is 1.83. The van der Waals surface area contributed by atoms with Gasteiger partial charge >= 0.3 is 0 Å². The van der Waals surface area contributed by atoms with Crippen molar-refractivity contribution in [1.29, 1.82) is 0 Å². The van der Waals surface area contributed by atoms with E-state index >= 15 is 0 Å². The van der Waals surface area contributed by atoms with E-state index in [9.17, 15) is 0 Å². The Bertz CT molecular complexity index is 243. The molecule has 1 aromatic rings. The molecule has 4 nitrogen and oxygen atoms in total. The monoisotopic (exact) mass is 196 g/mol. The van der Waals surface area contributed by atoms with Crippen molar-refractivity contribution >= 4 is 0 Å². The largest absolute Gasteiger partial charge is 0.373 e. The zero-order valence-electron chi connectivity index (χ0n) is 8.24. The van der Waals surface area contributed by atoms with E-state index in [0.717, 1.165) is 25.5 Å². The SMILES string of the molecule is c1cc(COCC2CCCNC2)on1.